The normalized spacial score (nSPS) is 12.8. The number of carbonyl (C=O) groups excluding carboxylic acids is 1. The van der Waals surface area contributed by atoms with Gasteiger partial charge in [-0.3, -0.25) is 14.2 Å². The maximum atomic E-state index is 13.4. The Morgan fingerprint density at radius 2 is 1.68 bits per heavy atom. The summed E-state index contributed by atoms with van der Waals surface area (Å²) in [7, 11) is 0. The van der Waals surface area contributed by atoms with Crippen molar-refractivity contribution >= 4 is 27.5 Å². The van der Waals surface area contributed by atoms with Gasteiger partial charge in [-0.05, 0) is 42.5 Å². The van der Waals surface area contributed by atoms with Gasteiger partial charge in [0.2, 0.25) is 0 Å². The number of esters is 1. The van der Waals surface area contributed by atoms with E-state index in [2.05, 4.69) is 0 Å². The highest BCUT2D eigenvalue weighted by Gasteiger charge is 2.26. The zero-order valence-corrected chi connectivity index (χ0v) is 17.6. The van der Waals surface area contributed by atoms with Crippen LogP contribution in [0.2, 0.25) is 0 Å². The van der Waals surface area contributed by atoms with E-state index in [4.69, 9.17) is 4.74 Å². The summed E-state index contributed by atoms with van der Waals surface area (Å²) in [5.41, 5.74) is 1.53. The molecular weight excluding hydrogens is 412 g/mol. The van der Waals surface area contributed by atoms with Crippen molar-refractivity contribution in [2.45, 2.75) is 32.4 Å². The smallest absolute Gasteiger partial charge is 0.337 e. The van der Waals surface area contributed by atoms with E-state index in [1.807, 2.05) is 36.4 Å². The second kappa shape index (κ2) is 8.00. The van der Waals surface area contributed by atoms with Crippen LogP contribution in [-0.2, 0) is 35.5 Å². The molecule has 0 saturated carbocycles. The van der Waals surface area contributed by atoms with Gasteiger partial charge in [-0.2, -0.15) is 0 Å². The van der Waals surface area contributed by atoms with Gasteiger partial charge >= 0.3 is 11.7 Å². The van der Waals surface area contributed by atoms with Crippen LogP contribution in [0.3, 0.4) is 0 Å². The molecule has 2 aromatic heterocycles. The number of rotatable bonds is 5. The Bertz CT molecular complexity index is 1380. The van der Waals surface area contributed by atoms with Gasteiger partial charge in [0.05, 0.1) is 11.1 Å². The van der Waals surface area contributed by atoms with Crippen LogP contribution in [0.4, 0.5) is 0 Å². The van der Waals surface area contributed by atoms with Crippen molar-refractivity contribution in [3.63, 3.8) is 0 Å². The first-order chi connectivity index (χ1) is 15.1. The number of benzene rings is 2. The molecule has 0 radical (unpaired) electrons. The molecule has 31 heavy (non-hydrogen) atoms. The molecular formula is C24H20N2O4S. The van der Waals surface area contributed by atoms with Crippen molar-refractivity contribution in [3.05, 3.63) is 97.5 Å². The number of fused-ring (bicyclic) bond motifs is 3. The van der Waals surface area contributed by atoms with E-state index in [1.165, 1.54) is 15.9 Å². The Morgan fingerprint density at radius 1 is 0.968 bits per heavy atom. The molecule has 0 aliphatic heterocycles. The van der Waals surface area contributed by atoms with E-state index >= 15 is 0 Å². The zero-order valence-electron chi connectivity index (χ0n) is 16.7. The van der Waals surface area contributed by atoms with Gasteiger partial charge in [0, 0.05) is 4.88 Å². The highest BCUT2D eigenvalue weighted by Crippen LogP contribution is 2.35. The number of para-hydroxylation sites is 1. The minimum Gasteiger partial charge on any atom is -0.459 e. The zero-order chi connectivity index (χ0) is 21.4. The van der Waals surface area contributed by atoms with E-state index in [9.17, 15) is 14.4 Å². The van der Waals surface area contributed by atoms with Gasteiger partial charge in [0.1, 0.15) is 18.0 Å². The largest absolute Gasteiger partial charge is 0.459 e. The van der Waals surface area contributed by atoms with Crippen molar-refractivity contribution in [2.75, 3.05) is 0 Å². The average molecular weight is 433 g/mol. The standard InChI is InChI=1S/C24H20N2O4S/c27-20(30-15-16-8-3-1-4-9-16)14-25-23-21(18-12-7-13-19(18)31-23)22(28)26(24(25)29)17-10-5-2-6-11-17/h1-6,8-11H,7,12-15H2. The molecule has 5 rings (SSSR count). The van der Waals surface area contributed by atoms with E-state index in [-0.39, 0.29) is 18.7 Å². The van der Waals surface area contributed by atoms with Gasteiger partial charge in [-0.25, -0.2) is 9.36 Å². The van der Waals surface area contributed by atoms with Crippen molar-refractivity contribution in [2.24, 2.45) is 0 Å². The molecule has 0 unspecified atom stereocenters. The summed E-state index contributed by atoms with van der Waals surface area (Å²) in [4.78, 5) is 41.0. The Balaban J connectivity index is 1.59. The van der Waals surface area contributed by atoms with Gasteiger partial charge in [-0.15, -0.1) is 11.3 Å². The second-order valence-electron chi connectivity index (χ2n) is 7.53. The highest BCUT2D eigenvalue weighted by atomic mass is 32.1. The van der Waals surface area contributed by atoms with Crippen LogP contribution >= 0.6 is 11.3 Å². The van der Waals surface area contributed by atoms with Gasteiger partial charge < -0.3 is 4.74 Å². The van der Waals surface area contributed by atoms with Crippen LogP contribution in [-0.4, -0.2) is 15.1 Å². The molecule has 2 aromatic carbocycles. The Hall–Kier alpha value is -3.45. The number of hydrogen-bond acceptors (Lipinski definition) is 5. The fourth-order valence-corrected chi connectivity index (χ4v) is 5.44. The van der Waals surface area contributed by atoms with Gasteiger partial charge in [0.25, 0.3) is 5.56 Å². The number of aromatic nitrogens is 2. The molecule has 0 N–H and O–H groups in total. The average Bonchev–Trinajstić information content (AvgIpc) is 3.38. The van der Waals surface area contributed by atoms with Crippen molar-refractivity contribution in [3.8, 4) is 5.69 Å². The van der Waals surface area contributed by atoms with Crippen LogP contribution in [0.15, 0.2) is 70.3 Å². The summed E-state index contributed by atoms with van der Waals surface area (Å²) in [6.45, 7) is -0.106. The lowest BCUT2D eigenvalue weighted by atomic mass is 10.2. The topological polar surface area (TPSA) is 70.3 Å². The lowest BCUT2D eigenvalue weighted by Crippen LogP contribution is -2.40. The Labute approximate surface area is 182 Å². The quantitative estimate of drug-likeness (QED) is 0.453. The van der Waals surface area contributed by atoms with Crippen LogP contribution in [0, 0.1) is 0 Å². The SMILES string of the molecule is O=C(Cn1c(=O)n(-c2ccccc2)c(=O)c2c3c(sc21)CCC3)OCc1ccccc1. The number of carbonyl (C=O) groups is 1. The number of ether oxygens (including phenoxy) is 1. The maximum absolute atomic E-state index is 13.4. The molecule has 1 aliphatic carbocycles. The van der Waals surface area contributed by atoms with Gasteiger partial charge in [-0.1, -0.05) is 48.5 Å². The molecule has 0 atom stereocenters. The molecule has 7 heteroatoms. The number of hydrogen-bond donors (Lipinski definition) is 0. The first-order valence-corrected chi connectivity index (χ1v) is 11.0. The summed E-state index contributed by atoms with van der Waals surface area (Å²) < 4.78 is 7.96. The summed E-state index contributed by atoms with van der Waals surface area (Å²) in [5, 5.41) is 0.553. The first-order valence-electron chi connectivity index (χ1n) is 10.2. The lowest BCUT2D eigenvalue weighted by molar-refractivity contribution is -0.145. The Kier molecular flexibility index (Phi) is 5.03. The first kappa shape index (κ1) is 19.5. The minimum atomic E-state index is -0.528. The summed E-state index contributed by atoms with van der Waals surface area (Å²) in [6, 6.07) is 18.2. The van der Waals surface area contributed by atoms with Crippen LogP contribution < -0.4 is 11.2 Å². The number of nitrogens with zero attached hydrogens (tertiary/aromatic N) is 2. The third-order valence-corrected chi connectivity index (χ3v) is 6.85. The number of thiophene rings is 1. The predicted molar refractivity (Wildman–Crippen MR) is 120 cm³/mol. The summed E-state index contributed by atoms with van der Waals surface area (Å²) >= 11 is 1.44. The minimum absolute atomic E-state index is 0.136. The molecule has 0 saturated heterocycles. The summed E-state index contributed by atoms with van der Waals surface area (Å²) in [5.74, 6) is -0.515. The molecule has 156 valence electrons. The third kappa shape index (κ3) is 3.51. The molecule has 1 aliphatic rings. The third-order valence-electron chi connectivity index (χ3n) is 5.53. The van der Waals surface area contributed by atoms with E-state index in [0.29, 0.717) is 15.9 Å². The van der Waals surface area contributed by atoms with E-state index in [1.54, 1.807) is 24.3 Å². The molecule has 0 bridgehead atoms. The van der Waals surface area contributed by atoms with E-state index in [0.717, 1.165) is 39.8 Å². The van der Waals surface area contributed by atoms with Crippen molar-refractivity contribution in [1.29, 1.82) is 0 Å². The molecule has 0 spiro atoms. The van der Waals surface area contributed by atoms with Crippen LogP contribution in [0.1, 0.15) is 22.4 Å². The lowest BCUT2D eigenvalue weighted by Gasteiger charge is -2.12. The molecule has 0 fully saturated rings. The van der Waals surface area contributed by atoms with Crippen molar-refractivity contribution < 1.29 is 9.53 Å². The van der Waals surface area contributed by atoms with E-state index < -0.39 is 11.7 Å². The van der Waals surface area contributed by atoms with Gasteiger partial charge in [0.15, 0.2) is 0 Å². The fourth-order valence-electron chi connectivity index (χ4n) is 4.06. The molecule has 2 heterocycles. The molecule has 4 aromatic rings. The van der Waals surface area contributed by atoms with Crippen molar-refractivity contribution in [1.82, 2.24) is 9.13 Å². The molecule has 0 amide bonds. The Morgan fingerprint density at radius 3 is 2.42 bits per heavy atom. The monoisotopic (exact) mass is 432 g/mol. The maximum Gasteiger partial charge on any atom is 0.337 e. The highest BCUT2D eigenvalue weighted by molar-refractivity contribution is 7.19. The predicted octanol–water partition coefficient (Wildman–Crippen LogP) is 3.45. The van der Waals surface area contributed by atoms with Crippen LogP contribution in [0.25, 0.3) is 15.9 Å². The second-order valence-corrected chi connectivity index (χ2v) is 8.61. The number of aryl methyl sites for hydroxylation is 2. The summed E-state index contributed by atoms with van der Waals surface area (Å²) in [6.07, 6.45) is 2.71. The fraction of sp³-hybridized carbons (Fsp3) is 0.208. The van der Waals surface area contributed by atoms with Crippen LogP contribution in [0.5, 0.6) is 0 Å². The molecule has 6 nitrogen and oxygen atoms in total.